The van der Waals surface area contributed by atoms with Gasteiger partial charge in [0, 0.05) is 30.8 Å². The van der Waals surface area contributed by atoms with Gasteiger partial charge in [0.05, 0.1) is 6.10 Å². The maximum atomic E-state index is 12.6. The number of nitrogens with one attached hydrogen (secondary N) is 2. The highest BCUT2D eigenvalue weighted by atomic mass is 16.5. The highest BCUT2D eigenvalue weighted by Crippen LogP contribution is 2.16. The Balaban J connectivity index is 1.90. The van der Waals surface area contributed by atoms with E-state index < -0.39 is 36.3 Å². The van der Waals surface area contributed by atoms with Crippen LogP contribution in [0.3, 0.4) is 0 Å². The average Bonchev–Trinajstić information content (AvgIpc) is 2.72. The zero-order valence-corrected chi connectivity index (χ0v) is 16.2. The van der Waals surface area contributed by atoms with Gasteiger partial charge in [0.1, 0.15) is 12.4 Å². The fourth-order valence-corrected chi connectivity index (χ4v) is 3.03. The van der Waals surface area contributed by atoms with E-state index >= 15 is 0 Å². The second kappa shape index (κ2) is 10.3. The molecule has 2 rings (SSSR count). The minimum atomic E-state index is -1.44. The number of nitrogen functional groups attached to an aromatic ring is 1. The lowest BCUT2D eigenvalue weighted by atomic mass is 10.0. The molecular weight excluding hydrogens is 396 g/mol. The number of carboxylic acid groups (broad SMARTS) is 2. The van der Waals surface area contributed by atoms with Gasteiger partial charge in [-0.15, -0.1) is 0 Å². The van der Waals surface area contributed by atoms with E-state index in [-0.39, 0.29) is 37.1 Å². The molecule has 0 aliphatic carbocycles. The molecule has 1 unspecified atom stereocenters. The minimum absolute atomic E-state index is 0.143. The zero-order chi connectivity index (χ0) is 22.3. The SMILES string of the molecule is N=C(N)c1ccc(C(=O)NCC(C(=O)O)C(=O)N2CCC(OCC(=O)O)CC2)cc1. The Morgan fingerprint density at radius 1 is 1.13 bits per heavy atom. The lowest BCUT2D eigenvalue weighted by Crippen LogP contribution is -2.48. The Labute approximate surface area is 172 Å². The van der Waals surface area contributed by atoms with E-state index in [1.165, 1.54) is 29.2 Å². The van der Waals surface area contributed by atoms with Crippen molar-refractivity contribution in [3.05, 3.63) is 35.4 Å². The van der Waals surface area contributed by atoms with Gasteiger partial charge >= 0.3 is 11.9 Å². The first kappa shape index (κ1) is 22.8. The maximum absolute atomic E-state index is 12.6. The van der Waals surface area contributed by atoms with E-state index in [1.54, 1.807) is 0 Å². The van der Waals surface area contributed by atoms with Crippen LogP contribution >= 0.6 is 0 Å². The number of hydrogen-bond acceptors (Lipinski definition) is 6. The van der Waals surface area contributed by atoms with Crippen molar-refractivity contribution in [3.8, 4) is 0 Å². The molecule has 1 saturated heterocycles. The van der Waals surface area contributed by atoms with Crippen molar-refractivity contribution in [1.29, 1.82) is 5.41 Å². The van der Waals surface area contributed by atoms with Crippen LogP contribution in [0, 0.1) is 11.3 Å². The maximum Gasteiger partial charge on any atom is 0.329 e. The highest BCUT2D eigenvalue weighted by molar-refractivity contribution is 6.00. The van der Waals surface area contributed by atoms with Crippen LogP contribution < -0.4 is 11.1 Å². The monoisotopic (exact) mass is 420 g/mol. The number of carbonyl (C=O) groups is 4. The number of aliphatic carboxylic acids is 2. The molecule has 11 nitrogen and oxygen atoms in total. The van der Waals surface area contributed by atoms with Gasteiger partial charge in [-0.1, -0.05) is 12.1 Å². The third-order valence-electron chi connectivity index (χ3n) is 4.72. The summed E-state index contributed by atoms with van der Waals surface area (Å²) in [5.74, 6) is -5.18. The number of nitrogens with two attached hydrogens (primary N) is 1. The van der Waals surface area contributed by atoms with Crippen molar-refractivity contribution in [2.24, 2.45) is 11.7 Å². The van der Waals surface area contributed by atoms with Crippen LogP contribution in [-0.4, -0.2) is 77.0 Å². The van der Waals surface area contributed by atoms with E-state index in [9.17, 15) is 24.3 Å². The van der Waals surface area contributed by atoms with Crippen LogP contribution in [0.25, 0.3) is 0 Å². The fourth-order valence-electron chi connectivity index (χ4n) is 3.03. The normalized spacial score (nSPS) is 15.3. The summed E-state index contributed by atoms with van der Waals surface area (Å²) in [6.45, 7) is -0.312. The molecule has 1 atom stereocenters. The fraction of sp³-hybridized carbons (Fsp3) is 0.421. The lowest BCUT2D eigenvalue weighted by Gasteiger charge is -2.33. The van der Waals surface area contributed by atoms with Crippen LogP contribution in [0.2, 0.25) is 0 Å². The van der Waals surface area contributed by atoms with Crippen molar-refractivity contribution in [2.75, 3.05) is 26.2 Å². The summed E-state index contributed by atoms with van der Waals surface area (Å²) >= 11 is 0. The van der Waals surface area contributed by atoms with Crippen LogP contribution in [0.4, 0.5) is 0 Å². The van der Waals surface area contributed by atoms with Gasteiger partial charge in [0.15, 0.2) is 5.92 Å². The molecule has 1 aliphatic heterocycles. The molecule has 162 valence electrons. The summed E-state index contributed by atoms with van der Waals surface area (Å²) in [6, 6.07) is 5.89. The lowest BCUT2D eigenvalue weighted by molar-refractivity contribution is -0.153. The number of piperidine rings is 1. The number of ether oxygens (including phenoxy) is 1. The minimum Gasteiger partial charge on any atom is -0.481 e. The number of benzene rings is 1. The summed E-state index contributed by atoms with van der Waals surface area (Å²) in [5.41, 5.74) is 6.04. The van der Waals surface area contributed by atoms with Crippen molar-refractivity contribution in [2.45, 2.75) is 18.9 Å². The van der Waals surface area contributed by atoms with Gasteiger partial charge in [-0.2, -0.15) is 0 Å². The second-order valence-electron chi connectivity index (χ2n) is 6.82. The predicted molar refractivity (Wildman–Crippen MR) is 104 cm³/mol. The molecule has 0 radical (unpaired) electrons. The standard InChI is InChI=1S/C19H24N4O7/c20-16(21)11-1-3-12(4-2-11)17(26)22-9-14(19(28)29)18(27)23-7-5-13(6-8-23)30-10-15(24)25/h1-4,13-14H,5-10H2,(H3,20,21)(H,22,26)(H,24,25)(H,28,29). The molecule has 2 amide bonds. The van der Waals surface area contributed by atoms with Crippen LogP contribution in [0.15, 0.2) is 24.3 Å². The Bertz CT molecular complexity index is 817. The number of likely N-dealkylation sites (tertiary alicyclic amines) is 1. The molecule has 1 fully saturated rings. The zero-order valence-electron chi connectivity index (χ0n) is 16.2. The summed E-state index contributed by atoms with van der Waals surface area (Å²) < 4.78 is 5.20. The van der Waals surface area contributed by atoms with Crippen molar-refractivity contribution < 1.29 is 34.1 Å². The highest BCUT2D eigenvalue weighted by Gasteiger charge is 2.33. The number of carboxylic acids is 2. The van der Waals surface area contributed by atoms with E-state index in [4.69, 9.17) is 21.0 Å². The van der Waals surface area contributed by atoms with E-state index in [2.05, 4.69) is 5.32 Å². The molecule has 1 aromatic carbocycles. The van der Waals surface area contributed by atoms with Crippen LogP contribution in [0.1, 0.15) is 28.8 Å². The van der Waals surface area contributed by atoms with Gasteiger partial charge < -0.3 is 30.9 Å². The number of nitrogens with zero attached hydrogens (tertiary/aromatic N) is 1. The summed E-state index contributed by atoms with van der Waals surface area (Å²) in [6.07, 6.45) is 0.506. The molecule has 0 saturated carbocycles. The van der Waals surface area contributed by atoms with Crippen LogP contribution in [0.5, 0.6) is 0 Å². The van der Waals surface area contributed by atoms with Gasteiger partial charge in [0.2, 0.25) is 5.91 Å². The number of amides is 2. The number of carbonyl (C=O) groups excluding carboxylic acids is 2. The first-order valence-electron chi connectivity index (χ1n) is 9.26. The molecule has 11 heteroatoms. The number of hydrogen-bond donors (Lipinski definition) is 5. The van der Waals surface area contributed by atoms with Gasteiger partial charge in [-0.05, 0) is 25.0 Å². The molecule has 0 spiro atoms. The Morgan fingerprint density at radius 3 is 2.20 bits per heavy atom. The largest absolute Gasteiger partial charge is 0.481 e. The molecular formula is C19H24N4O7. The third-order valence-corrected chi connectivity index (χ3v) is 4.72. The first-order chi connectivity index (χ1) is 14.2. The average molecular weight is 420 g/mol. The summed E-state index contributed by atoms with van der Waals surface area (Å²) in [4.78, 5) is 48.3. The van der Waals surface area contributed by atoms with Crippen molar-refractivity contribution in [3.63, 3.8) is 0 Å². The summed E-state index contributed by atoms with van der Waals surface area (Å²) in [7, 11) is 0. The molecule has 0 aromatic heterocycles. The summed E-state index contributed by atoms with van der Waals surface area (Å²) in [5, 5.41) is 27.8. The first-order valence-corrected chi connectivity index (χ1v) is 9.26. The van der Waals surface area contributed by atoms with Gasteiger partial charge in [0.25, 0.3) is 5.91 Å². The Kier molecular flexibility index (Phi) is 7.87. The number of rotatable bonds is 9. The third kappa shape index (κ3) is 6.27. The molecule has 6 N–H and O–H groups in total. The van der Waals surface area contributed by atoms with Crippen molar-refractivity contribution in [1.82, 2.24) is 10.2 Å². The van der Waals surface area contributed by atoms with Crippen LogP contribution in [-0.2, 0) is 19.1 Å². The molecule has 30 heavy (non-hydrogen) atoms. The van der Waals surface area contributed by atoms with E-state index in [0.29, 0.717) is 18.4 Å². The molecule has 1 aliphatic rings. The molecule has 1 heterocycles. The Hall–Kier alpha value is -3.47. The predicted octanol–water partition coefficient (Wildman–Crippen LogP) is -0.507. The number of amidine groups is 1. The topological polar surface area (TPSA) is 183 Å². The van der Waals surface area contributed by atoms with E-state index in [0.717, 1.165) is 0 Å². The Morgan fingerprint density at radius 2 is 1.70 bits per heavy atom. The molecule has 0 bridgehead atoms. The van der Waals surface area contributed by atoms with Crippen molar-refractivity contribution >= 4 is 29.6 Å². The molecule has 1 aromatic rings. The second-order valence-corrected chi connectivity index (χ2v) is 6.82. The van der Waals surface area contributed by atoms with Gasteiger partial charge in [-0.3, -0.25) is 19.8 Å². The van der Waals surface area contributed by atoms with Gasteiger partial charge in [-0.25, -0.2) is 4.79 Å². The smallest absolute Gasteiger partial charge is 0.329 e. The van der Waals surface area contributed by atoms with E-state index in [1.807, 2.05) is 0 Å². The quantitative estimate of drug-likeness (QED) is 0.201.